The van der Waals surface area contributed by atoms with Crippen molar-refractivity contribution < 1.29 is 14.7 Å². The van der Waals surface area contributed by atoms with Gasteiger partial charge in [0.05, 0.1) is 0 Å². The van der Waals surface area contributed by atoms with Gasteiger partial charge in [0.15, 0.2) is 6.04 Å². The van der Waals surface area contributed by atoms with E-state index in [0.717, 1.165) is 27.6 Å². The van der Waals surface area contributed by atoms with Crippen LogP contribution in [0, 0.1) is 20.8 Å². The number of aromatic amines is 1. The summed E-state index contributed by atoms with van der Waals surface area (Å²) in [6.07, 6.45) is 3.03. The van der Waals surface area contributed by atoms with Crippen LogP contribution in [0.2, 0.25) is 0 Å². The number of hydrogen-bond acceptors (Lipinski definition) is 3. The van der Waals surface area contributed by atoms with E-state index in [9.17, 15) is 14.7 Å². The minimum atomic E-state index is -1.11. The number of fused-ring (bicyclic) bond motifs is 1. The lowest BCUT2D eigenvalue weighted by molar-refractivity contribution is -0.142. The summed E-state index contributed by atoms with van der Waals surface area (Å²) in [5, 5.41) is 10.6. The lowest BCUT2D eigenvalue weighted by atomic mass is 10.0. The Morgan fingerprint density at radius 2 is 1.96 bits per heavy atom. The first-order chi connectivity index (χ1) is 12.3. The first-order valence-electron chi connectivity index (χ1n) is 8.30. The molecule has 0 spiro atoms. The number of carboxylic acid groups (broad SMARTS) is 1. The lowest BCUT2D eigenvalue weighted by Crippen LogP contribution is -2.36. The van der Waals surface area contributed by atoms with E-state index in [4.69, 9.17) is 0 Å². The molecule has 0 saturated carbocycles. The maximum absolute atomic E-state index is 13.1. The van der Waals surface area contributed by atoms with Gasteiger partial charge in [0, 0.05) is 35.9 Å². The van der Waals surface area contributed by atoms with Gasteiger partial charge in [-0.05, 0) is 44.0 Å². The third kappa shape index (κ3) is 2.94. The maximum atomic E-state index is 13.1. The zero-order valence-electron chi connectivity index (χ0n) is 15.2. The number of pyridine rings is 1. The molecule has 134 valence electrons. The predicted octanol–water partition coefficient (Wildman–Crippen LogP) is 3.39. The summed E-state index contributed by atoms with van der Waals surface area (Å²) in [6.45, 7) is 5.87. The molecule has 3 aromatic rings. The first kappa shape index (κ1) is 17.7. The van der Waals surface area contributed by atoms with Crippen molar-refractivity contribution in [3.8, 4) is 0 Å². The highest BCUT2D eigenvalue weighted by Crippen LogP contribution is 2.28. The number of nitrogens with zero attached hydrogens (tertiary/aromatic N) is 2. The lowest BCUT2D eigenvalue weighted by Gasteiger charge is -2.24. The molecule has 26 heavy (non-hydrogen) atoms. The van der Waals surface area contributed by atoms with Crippen LogP contribution in [-0.4, -0.2) is 38.9 Å². The maximum Gasteiger partial charge on any atom is 0.331 e. The zero-order chi connectivity index (χ0) is 19.0. The van der Waals surface area contributed by atoms with Gasteiger partial charge in [-0.2, -0.15) is 0 Å². The number of amides is 1. The molecule has 2 heterocycles. The molecule has 0 aliphatic carbocycles. The summed E-state index contributed by atoms with van der Waals surface area (Å²) in [6, 6.07) is 6.28. The smallest absolute Gasteiger partial charge is 0.331 e. The minimum Gasteiger partial charge on any atom is -0.479 e. The summed E-state index contributed by atoms with van der Waals surface area (Å²) in [7, 11) is 1.50. The van der Waals surface area contributed by atoms with Crippen LogP contribution in [-0.2, 0) is 4.79 Å². The number of H-pyrrole nitrogens is 1. The summed E-state index contributed by atoms with van der Waals surface area (Å²) in [5.74, 6) is -1.47. The van der Waals surface area contributed by atoms with E-state index in [1.54, 1.807) is 18.3 Å². The fourth-order valence-electron chi connectivity index (χ4n) is 3.36. The Kier molecular flexibility index (Phi) is 4.50. The normalized spacial score (nSPS) is 12.2. The molecular formula is C20H21N3O3. The number of carbonyl (C=O) groups is 2. The van der Waals surface area contributed by atoms with Crippen molar-refractivity contribution in [2.45, 2.75) is 26.8 Å². The topological polar surface area (TPSA) is 86.3 Å². The Labute approximate surface area is 151 Å². The second-order valence-electron chi connectivity index (χ2n) is 6.57. The van der Waals surface area contributed by atoms with Crippen molar-refractivity contribution >= 4 is 22.8 Å². The highest BCUT2D eigenvalue weighted by Gasteiger charge is 2.31. The van der Waals surface area contributed by atoms with Crippen LogP contribution >= 0.6 is 0 Å². The molecule has 0 fully saturated rings. The van der Waals surface area contributed by atoms with Crippen molar-refractivity contribution in [1.82, 2.24) is 14.9 Å². The van der Waals surface area contributed by atoms with E-state index in [-0.39, 0.29) is 5.91 Å². The molecule has 0 saturated heterocycles. The molecule has 0 aliphatic rings. The predicted molar refractivity (Wildman–Crippen MR) is 99.2 cm³/mol. The molecule has 1 aromatic carbocycles. The number of aromatic nitrogens is 2. The Bertz CT molecular complexity index is 992. The third-order valence-corrected chi connectivity index (χ3v) is 4.66. The average molecular weight is 351 g/mol. The largest absolute Gasteiger partial charge is 0.479 e. The molecule has 6 nitrogen and oxygen atoms in total. The van der Waals surface area contributed by atoms with Gasteiger partial charge >= 0.3 is 5.97 Å². The molecule has 1 amide bonds. The van der Waals surface area contributed by atoms with Crippen molar-refractivity contribution in [2.24, 2.45) is 0 Å². The van der Waals surface area contributed by atoms with Gasteiger partial charge in [-0.15, -0.1) is 0 Å². The molecule has 0 unspecified atom stereocenters. The van der Waals surface area contributed by atoms with Crippen LogP contribution in [0.25, 0.3) is 10.9 Å². The molecule has 0 bridgehead atoms. The van der Waals surface area contributed by atoms with Gasteiger partial charge in [-0.1, -0.05) is 17.7 Å². The number of benzene rings is 1. The summed E-state index contributed by atoms with van der Waals surface area (Å²) < 4.78 is 0. The number of nitrogens with one attached hydrogen (secondary N) is 1. The fourth-order valence-corrected chi connectivity index (χ4v) is 3.36. The van der Waals surface area contributed by atoms with Crippen LogP contribution in [0.15, 0.2) is 36.7 Å². The molecule has 2 N–H and O–H groups in total. The van der Waals surface area contributed by atoms with Crippen molar-refractivity contribution in [1.29, 1.82) is 0 Å². The molecule has 0 radical (unpaired) electrons. The molecular weight excluding hydrogens is 330 g/mol. The number of likely N-dealkylation sites (N-methyl/N-ethyl adjacent to an activating group) is 1. The van der Waals surface area contributed by atoms with Crippen LogP contribution in [0.1, 0.15) is 38.8 Å². The Hall–Kier alpha value is -3.15. The fraction of sp³-hybridized carbons (Fsp3) is 0.250. The summed E-state index contributed by atoms with van der Waals surface area (Å²) >= 11 is 0. The van der Waals surface area contributed by atoms with E-state index in [1.807, 2.05) is 32.9 Å². The van der Waals surface area contributed by atoms with E-state index in [2.05, 4.69) is 9.97 Å². The minimum absolute atomic E-state index is 0.369. The number of rotatable bonds is 4. The highest BCUT2D eigenvalue weighted by molar-refractivity contribution is 6.02. The Balaban J connectivity index is 2.05. The third-order valence-electron chi connectivity index (χ3n) is 4.66. The molecule has 3 rings (SSSR count). The standard InChI is InChI=1S/C20H21N3O3/c1-11-8-12(2)16-15(9-11)13(3)17(22-16)19(24)23(4)18(20(25)26)14-6-5-7-21-10-14/h5-10,18,22H,1-4H3,(H,25,26)/t18-/m0/s1. The number of carboxylic acids is 1. The highest BCUT2D eigenvalue weighted by atomic mass is 16.4. The summed E-state index contributed by atoms with van der Waals surface area (Å²) in [4.78, 5) is 33.3. The number of carbonyl (C=O) groups excluding carboxylic acids is 1. The SMILES string of the molecule is Cc1cc(C)c2[nH]c(C(=O)N(C)[C@H](C(=O)O)c3cccnc3)c(C)c2c1. The number of aliphatic carboxylic acids is 1. The molecule has 1 atom stereocenters. The average Bonchev–Trinajstić information content (AvgIpc) is 2.92. The number of hydrogen-bond donors (Lipinski definition) is 2. The molecule has 2 aromatic heterocycles. The van der Waals surface area contributed by atoms with E-state index >= 15 is 0 Å². The molecule has 6 heteroatoms. The van der Waals surface area contributed by atoms with Gasteiger partial charge in [0.2, 0.25) is 0 Å². The Morgan fingerprint density at radius 3 is 2.58 bits per heavy atom. The summed E-state index contributed by atoms with van der Waals surface area (Å²) in [5.41, 5.74) is 4.75. The van der Waals surface area contributed by atoms with Crippen molar-refractivity contribution in [2.75, 3.05) is 7.05 Å². The van der Waals surface area contributed by atoms with E-state index in [0.29, 0.717) is 11.3 Å². The van der Waals surface area contributed by atoms with Crippen molar-refractivity contribution in [3.63, 3.8) is 0 Å². The Morgan fingerprint density at radius 1 is 1.23 bits per heavy atom. The van der Waals surface area contributed by atoms with Crippen LogP contribution in [0.5, 0.6) is 0 Å². The van der Waals surface area contributed by atoms with Gasteiger partial charge in [-0.3, -0.25) is 9.78 Å². The second kappa shape index (κ2) is 6.63. The van der Waals surface area contributed by atoms with E-state index < -0.39 is 12.0 Å². The van der Waals surface area contributed by atoms with Crippen LogP contribution in [0.4, 0.5) is 0 Å². The van der Waals surface area contributed by atoms with Gasteiger partial charge in [0.25, 0.3) is 5.91 Å². The van der Waals surface area contributed by atoms with Crippen LogP contribution < -0.4 is 0 Å². The van der Waals surface area contributed by atoms with Crippen LogP contribution in [0.3, 0.4) is 0 Å². The van der Waals surface area contributed by atoms with Crippen molar-refractivity contribution in [3.05, 3.63) is 64.6 Å². The van der Waals surface area contributed by atoms with Gasteiger partial charge < -0.3 is 15.0 Å². The second-order valence-corrected chi connectivity index (χ2v) is 6.57. The monoisotopic (exact) mass is 351 g/mol. The zero-order valence-corrected chi connectivity index (χ0v) is 15.2. The van der Waals surface area contributed by atoms with Gasteiger partial charge in [-0.25, -0.2) is 4.79 Å². The quantitative estimate of drug-likeness (QED) is 0.754. The van der Waals surface area contributed by atoms with Gasteiger partial charge in [0.1, 0.15) is 5.69 Å². The number of aryl methyl sites for hydroxylation is 3. The first-order valence-corrected chi connectivity index (χ1v) is 8.30. The molecule has 0 aliphatic heterocycles. The van der Waals surface area contributed by atoms with E-state index in [1.165, 1.54) is 18.1 Å².